The molecule has 1 saturated heterocycles. The number of nitrogens with zero attached hydrogens (tertiary/aromatic N) is 3. The molecule has 0 radical (unpaired) electrons. The summed E-state index contributed by atoms with van der Waals surface area (Å²) >= 11 is 0.987. The number of hydrogen-bond acceptors (Lipinski definition) is 7. The summed E-state index contributed by atoms with van der Waals surface area (Å²) in [6.45, 7) is 0.668. The van der Waals surface area contributed by atoms with Crippen molar-refractivity contribution in [3.63, 3.8) is 0 Å². The fraction of sp³-hybridized carbons (Fsp3) is 0.412. The van der Waals surface area contributed by atoms with Crippen LogP contribution in [0.2, 0.25) is 0 Å². The maximum atomic E-state index is 11.9. The quantitative estimate of drug-likeness (QED) is 0.569. The molecule has 0 amide bonds. The molecule has 26 heavy (non-hydrogen) atoms. The first-order chi connectivity index (χ1) is 12.2. The zero-order valence-corrected chi connectivity index (χ0v) is 16.5. The summed E-state index contributed by atoms with van der Waals surface area (Å²) in [5.41, 5.74) is 2.01. The van der Waals surface area contributed by atoms with Gasteiger partial charge in [-0.1, -0.05) is 23.5 Å². The number of rotatable bonds is 5. The van der Waals surface area contributed by atoms with Gasteiger partial charge in [0.2, 0.25) is 0 Å². The monoisotopic (exact) mass is 395 g/mol. The minimum atomic E-state index is -3.49. The van der Waals surface area contributed by atoms with E-state index in [1.165, 1.54) is 6.07 Å². The van der Waals surface area contributed by atoms with Gasteiger partial charge in [0, 0.05) is 38.6 Å². The number of anilines is 2. The first-order valence-electron chi connectivity index (χ1n) is 8.20. The largest absolute Gasteiger partial charge is 0.378 e. The van der Waals surface area contributed by atoms with Gasteiger partial charge < -0.3 is 9.80 Å². The van der Waals surface area contributed by atoms with Crippen molar-refractivity contribution in [3.8, 4) is 0 Å². The molecule has 140 valence electrons. The van der Waals surface area contributed by atoms with Crippen LogP contribution < -0.4 is 9.80 Å². The predicted octanol–water partition coefficient (Wildman–Crippen LogP) is 3.47. The van der Waals surface area contributed by atoms with Crippen LogP contribution in [0.1, 0.15) is 24.4 Å². The average molecular weight is 396 g/mol. The summed E-state index contributed by atoms with van der Waals surface area (Å²) in [5.74, 6) is 0. The lowest BCUT2D eigenvalue weighted by atomic mass is 10.0. The number of sulfone groups is 1. The van der Waals surface area contributed by atoms with E-state index in [0.717, 1.165) is 41.7 Å². The van der Waals surface area contributed by atoms with Gasteiger partial charge in [-0.25, -0.2) is 8.42 Å². The van der Waals surface area contributed by atoms with Gasteiger partial charge in [-0.2, -0.15) is 0 Å². The highest BCUT2D eigenvalue weighted by atomic mass is 32.2. The molecular formula is C17H21N3O4S2. The fourth-order valence-electron chi connectivity index (χ4n) is 3.24. The number of hydrogen-bond donors (Lipinski definition) is 0. The summed E-state index contributed by atoms with van der Waals surface area (Å²) < 4.78 is 23.8. The third kappa shape index (κ3) is 3.54. The van der Waals surface area contributed by atoms with Crippen LogP contribution in [0.3, 0.4) is 0 Å². The van der Waals surface area contributed by atoms with Crippen LogP contribution in [0.5, 0.6) is 0 Å². The van der Waals surface area contributed by atoms with Gasteiger partial charge in [0.15, 0.2) is 14.8 Å². The standard InChI is InChI=1S/C17H21N3O4S2/c1-18(2)13-7-4-6-12(10-13)14-8-5-9-19(14)17-15(20(21)22)11-16(25-17)26(3,23)24/h4,6-7,10-11,14H,5,8-9H2,1-3H3. The van der Waals surface area contributed by atoms with Crippen molar-refractivity contribution >= 4 is 37.5 Å². The summed E-state index contributed by atoms with van der Waals surface area (Å²) in [6.07, 6.45) is 2.86. The van der Waals surface area contributed by atoms with E-state index >= 15 is 0 Å². The Morgan fingerprint density at radius 1 is 1.31 bits per heavy atom. The maximum Gasteiger partial charge on any atom is 0.305 e. The molecule has 0 aliphatic carbocycles. The minimum Gasteiger partial charge on any atom is -0.378 e. The second kappa shape index (κ2) is 6.88. The molecule has 0 spiro atoms. The maximum absolute atomic E-state index is 11.9. The second-order valence-corrected chi connectivity index (χ2v) is 9.90. The highest BCUT2D eigenvalue weighted by Gasteiger charge is 2.34. The van der Waals surface area contributed by atoms with E-state index in [1.54, 1.807) is 0 Å². The van der Waals surface area contributed by atoms with Gasteiger partial charge in [-0.05, 0) is 30.5 Å². The fourth-order valence-corrected chi connectivity index (χ4v) is 5.34. The van der Waals surface area contributed by atoms with Crippen molar-refractivity contribution in [2.45, 2.75) is 23.1 Å². The highest BCUT2D eigenvalue weighted by molar-refractivity contribution is 7.92. The topological polar surface area (TPSA) is 83.8 Å². The van der Waals surface area contributed by atoms with Crippen molar-refractivity contribution in [1.29, 1.82) is 0 Å². The molecule has 0 N–H and O–H groups in total. The Labute approximate surface area is 156 Å². The Kier molecular flexibility index (Phi) is 4.94. The Morgan fingerprint density at radius 3 is 2.65 bits per heavy atom. The van der Waals surface area contributed by atoms with Gasteiger partial charge in [-0.15, -0.1) is 0 Å². The van der Waals surface area contributed by atoms with Crippen LogP contribution >= 0.6 is 11.3 Å². The van der Waals surface area contributed by atoms with Gasteiger partial charge in [0.05, 0.1) is 11.0 Å². The van der Waals surface area contributed by atoms with E-state index in [4.69, 9.17) is 0 Å². The summed E-state index contributed by atoms with van der Waals surface area (Å²) in [5, 5.41) is 11.9. The van der Waals surface area contributed by atoms with Crippen molar-refractivity contribution in [3.05, 3.63) is 46.0 Å². The molecule has 0 bridgehead atoms. The zero-order valence-electron chi connectivity index (χ0n) is 14.9. The van der Waals surface area contributed by atoms with Crippen molar-refractivity contribution in [2.75, 3.05) is 36.7 Å². The molecule has 3 rings (SSSR count). The van der Waals surface area contributed by atoms with E-state index < -0.39 is 14.8 Å². The average Bonchev–Trinajstić information content (AvgIpc) is 3.21. The van der Waals surface area contributed by atoms with Crippen molar-refractivity contribution in [2.24, 2.45) is 0 Å². The SMILES string of the molecule is CN(C)c1cccc(C2CCCN2c2sc(S(C)(=O)=O)cc2[N+](=O)[O-])c1. The zero-order chi connectivity index (χ0) is 19.1. The molecule has 1 aliphatic rings. The predicted molar refractivity (Wildman–Crippen MR) is 104 cm³/mol. The Bertz CT molecular complexity index is 937. The smallest absolute Gasteiger partial charge is 0.305 e. The third-order valence-corrected chi connectivity index (χ3v) is 7.48. The molecule has 1 aromatic carbocycles. The number of nitro groups is 1. The molecule has 1 unspecified atom stereocenters. The second-order valence-electron chi connectivity index (χ2n) is 6.63. The van der Waals surface area contributed by atoms with E-state index in [2.05, 4.69) is 6.07 Å². The molecule has 2 heterocycles. The summed E-state index contributed by atoms with van der Waals surface area (Å²) in [4.78, 5) is 15.0. The molecule has 7 nitrogen and oxygen atoms in total. The van der Waals surface area contributed by atoms with E-state index in [1.807, 2.05) is 42.1 Å². The first-order valence-corrected chi connectivity index (χ1v) is 10.9. The highest BCUT2D eigenvalue weighted by Crippen LogP contribution is 2.46. The molecule has 2 aromatic rings. The van der Waals surface area contributed by atoms with Crippen LogP contribution in [0.4, 0.5) is 16.4 Å². The van der Waals surface area contributed by atoms with Crippen molar-refractivity contribution < 1.29 is 13.3 Å². The van der Waals surface area contributed by atoms with E-state index in [9.17, 15) is 18.5 Å². The first kappa shape index (κ1) is 18.7. The number of benzene rings is 1. The molecule has 9 heteroatoms. The van der Waals surface area contributed by atoms with Crippen LogP contribution in [0.25, 0.3) is 0 Å². The van der Waals surface area contributed by atoms with Crippen LogP contribution in [0, 0.1) is 10.1 Å². The minimum absolute atomic E-state index is 0.000315. The molecule has 0 saturated carbocycles. The van der Waals surface area contributed by atoms with E-state index in [-0.39, 0.29) is 15.9 Å². The lowest BCUT2D eigenvalue weighted by Crippen LogP contribution is -2.22. The van der Waals surface area contributed by atoms with Gasteiger partial charge in [-0.3, -0.25) is 10.1 Å². The summed E-state index contributed by atoms with van der Waals surface area (Å²) in [7, 11) is 0.446. The van der Waals surface area contributed by atoms with Crippen LogP contribution in [0.15, 0.2) is 34.5 Å². The van der Waals surface area contributed by atoms with Crippen molar-refractivity contribution in [1.82, 2.24) is 0 Å². The Morgan fingerprint density at radius 2 is 2.04 bits per heavy atom. The lowest BCUT2D eigenvalue weighted by molar-refractivity contribution is -0.383. The third-order valence-electron chi connectivity index (χ3n) is 4.52. The summed E-state index contributed by atoms with van der Waals surface area (Å²) in [6, 6.07) is 9.28. The molecule has 1 fully saturated rings. The van der Waals surface area contributed by atoms with Gasteiger partial charge in [0.25, 0.3) is 0 Å². The molecule has 1 atom stereocenters. The van der Waals surface area contributed by atoms with Crippen LogP contribution in [-0.4, -0.2) is 40.2 Å². The van der Waals surface area contributed by atoms with Crippen LogP contribution in [-0.2, 0) is 9.84 Å². The molecular weight excluding hydrogens is 374 g/mol. The molecule has 1 aromatic heterocycles. The molecule has 1 aliphatic heterocycles. The lowest BCUT2D eigenvalue weighted by Gasteiger charge is -2.26. The number of thiophene rings is 1. The Hall–Kier alpha value is -2.13. The van der Waals surface area contributed by atoms with E-state index in [0.29, 0.717) is 11.5 Å². The van der Waals surface area contributed by atoms with Gasteiger partial charge in [0.1, 0.15) is 4.21 Å². The van der Waals surface area contributed by atoms with Gasteiger partial charge >= 0.3 is 5.69 Å². The normalized spacial score (nSPS) is 17.5. The Balaban J connectivity index is 2.05.